The molecule has 0 fully saturated rings. The number of aryl methyl sites for hydroxylation is 2. The molecule has 0 saturated heterocycles. The van der Waals surface area contributed by atoms with Crippen LogP contribution < -0.4 is 10.0 Å². The molecule has 0 aliphatic heterocycles. The average molecular weight is 497 g/mol. The van der Waals surface area contributed by atoms with Gasteiger partial charge in [-0.3, -0.25) is 4.79 Å². The van der Waals surface area contributed by atoms with Gasteiger partial charge in [-0.15, -0.1) is 0 Å². The number of nitrogens with one attached hydrogen (secondary N) is 2. The molecule has 0 bridgehead atoms. The highest BCUT2D eigenvalue weighted by Gasteiger charge is 2.27. The van der Waals surface area contributed by atoms with Crippen molar-refractivity contribution in [2.75, 3.05) is 5.32 Å². The zero-order valence-corrected chi connectivity index (χ0v) is 21.1. The average Bonchev–Trinajstić information content (AvgIpc) is 3.26. The van der Waals surface area contributed by atoms with Gasteiger partial charge in [0.1, 0.15) is 0 Å². The highest BCUT2D eigenvalue weighted by Crippen LogP contribution is 2.30. The summed E-state index contributed by atoms with van der Waals surface area (Å²) >= 11 is 0. The summed E-state index contributed by atoms with van der Waals surface area (Å²) in [5.41, 5.74) is 7.57. The van der Waals surface area contributed by atoms with Gasteiger partial charge in [-0.2, -0.15) is 0 Å². The smallest absolute Gasteiger partial charge is 0.256 e. The summed E-state index contributed by atoms with van der Waals surface area (Å²) in [5.74, 6) is -0.173. The standard InChI is InChI=1S/C30H28N2O3S/c1-20-11-13-22(14-12-20)29-21(2)7-6-10-28(29)30(33)31-25-16-15-23-17-26(19-24(23)18-25)32-36(34,35)27-8-4-3-5-9-27/h3-16,18,26,32H,17,19H2,1-2H3,(H,31,33)/t26-/m0/s1. The van der Waals surface area contributed by atoms with Gasteiger partial charge in [0.25, 0.3) is 5.91 Å². The molecule has 0 heterocycles. The lowest BCUT2D eigenvalue weighted by atomic mass is 9.94. The summed E-state index contributed by atoms with van der Waals surface area (Å²) in [6, 6.07) is 27.9. The molecule has 4 aromatic rings. The molecule has 5 nitrogen and oxygen atoms in total. The van der Waals surface area contributed by atoms with Gasteiger partial charge in [-0.25, -0.2) is 13.1 Å². The first-order valence-electron chi connectivity index (χ1n) is 12.0. The monoisotopic (exact) mass is 496 g/mol. The van der Waals surface area contributed by atoms with Crippen LogP contribution in [0.25, 0.3) is 11.1 Å². The van der Waals surface area contributed by atoms with E-state index in [9.17, 15) is 13.2 Å². The molecule has 182 valence electrons. The van der Waals surface area contributed by atoms with Gasteiger partial charge in [-0.1, -0.05) is 66.2 Å². The zero-order valence-electron chi connectivity index (χ0n) is 20.3. The Morgan fingerprint density at radius 3 is 2.28 bits per heavy atom. The first kappa shape index (κ1) is 24.0. The lowest BCUT2D eigenvalue weighted by Gasteiger charge is -2.14. The topological polar surface area (TPSA) is 75.3 Å². The molecule has 4 aromatic carbocycles. The number of benzene rings is 4. The molecule has 0 radical (unpaired) electrons. The number of carbonyl (C=O) groups is 1. The molecular weight excluding hydrogens is 468 g/mol. The number of hydrogen-bond donors (Lipinski definition) is 2. The van der Waals surface area contributed by atoms with Crippen LogP contribution in [-0.2, 0) is 22.9 Å². The van der Waals surface area contributed by atoms with E-state index < -0.39 is 10.0 Å². The van der Waals surface area contributed by atoms with E-state index in [2.05, 4.69) is 10.0 Å². The van der Waals surface area contributed by atoms with Gasteiger partial charge in [0, 0.05) is 17.3 Å². The number of anilines is 1. The second-order valence-corrected chi connectivity index (χ2v) is 11.1. The minimum absolute atomic E-state index is 0.173. The maximum atomic E-state index is 13.3. The van der Waals surface area contributed by atoms with Gasteiger partial charge in [-0.05, 0) is 84.8 Å². The van der Waals surface area contributed by atoms with Gasteiger partial charge in [0.2, 0.25) is 10.0 Å². The Bertz CT molecular complexity index is 1530. The number of sulfonamides is 1. The molecular formula is C30H28N2O3S. The number of hydrogen-bond acceptors (Lipinski definition) is 3. The SMILES string of the molecule is Cc1ccc(-c2c(C)cccc2C(=O)Nc2ccc3c(c2)C[C@@H](NS(=O)(=O)c2ccccc2)C3)cc1. The Hall–Kier alpha value is -3.74. The first-order chi connectivity index (χ1) is 17.3. The fraction of sp³-hybridized carbons (Fsp3) is 0.167. The maximum absolute atomic E-state index is 13.3. The Labute approximate surface area is 212 Å². The van der Waals surface area contributed by atoms with Crippen molar-refractivity contribution in [2.24, 2.45) is 0 Å². The van der Waals surface area contributed by atoms with Crippen LogP contribution in [-0.4, -0.2) is 20.4 Å². The van der Waals surface area contributed by atoms with Gasteiger partial charge in [0.15, 0.2) is 0 Å². The van der Waals surface area contributed by atoms with E-state index in [1.54, 1.807) is 30.3 Å². The molecule has 1 atom stereocenters. The molecule has 0 saturated carbocycles. The summed E-state index contributed by atoms with van der Waals surface area (Å²) in [6.45, 7) is 4.05. The number of carbonyl (C=O) groups excluding carboxylic acids is 1. The van der Waals surface area contributed by atoms with Gasteiger partial charge in [0.05, 0.1) is 4.90 Å². The highest BCUT2D eigenvalue weighted by molar-refractivity contribution is 7.89. The Morgan fingerprint density at radius 1 is 0.806 bits per heavy atom. The van der Waals surface area contributed by atoms with E-state index in [1.165, 1.54) is 5.56 Å². The Kier molecular flexibility index (Phi) is 6.48. The zero-order chi connectivity index (χ0) is 25.3. The minimum Gasteiger partial charge on any atom is -0.322 e. The van der Waals surface area contributed by atoms with Crippen molar-refractivity contribution in [3.8, 4) is 11.1 Å². The lowest BCUT2D eigenvalue weighted by molar-refractivity contribution is 0.102. The Morgan fingerprint density at radius 2 is 1.53 bits per heavy atom. The summed E-state index contributed by atoms with van der Waals surface area (Å²) < 4.78 is 28.3. The van der Waals surface area contributed by atoms with Crippen LogP contribution in [0.3, 0.4) is 0 Å². The predicted molar refractivity (Wildman–Crippen MR) is 144 cm³/mol. The lowest BCUT2D eigenvalue weighted by Crippen LogP contribution is -2.35. The maximum Gasteiger partial charge on any atom is 0.256 e. The fourth-order valence-electron chi connectivity index (χ4n) is 4.83. The Balaban J connectivity index is 1.33. The number of rotatable bonds is 6. The third-order valence-electron chi connectivity index (χ3n) is 6.63. The van der Waals surface area contributed by atoms with Crippen LogP contribution in [0.15, 0.2) is 95.9 Å². The van der Waals surface area contributed by atoms with Crippen LogP contribution in [0, 0.1) is 13.8 Å². The predicted octanol–water partition coefficient (Wildman–Crippen LogP) is 5.67. The van der Waals surface area contributed by atoms with E-state index in [1.807, 2.05) is 74.5 Å². The molecule has 0 unspecified atom stereocenters. The molecule has 2 N–H and O–H groups in total. The van der Waals surface area contributed by atoms with Crippen LogP contribution in [0.2, 0.25) is 0 Å². The van der Waals surface area contributed by atoms with Crippen molar-refractivity contribution in [3.05, 3.63) is 119 Å². The van der Waals surface area contributed by atoms with Crippen LogP contribution >= 0.6 is 0 Å². The van der Waals surface area contributed by atoms with Gasteiger partial charge >= 0.3 is 0 Å². The largest absolute Gasteiger partial charge is 0.322 e. The van der Waals surface area contributed by atoms with Crippen LogP contribution in [0.5, 0.6) is 0 Å². The molecule has 5 rings (SSSR count). The summed E-state index contributed by atoms with van der Waals surface area (Å²) in [4.78, 5) is 13.6. The molecule has 36 heavy (non-hydrogen) atoms. The number of amides is 1. The third-order valence-corrected chi connectivity index (χ3v) is 8.17. The van der Waals surface area contributed by atoms with Crippen molar-refractivity contribution < 1.29 is 13.2 Å². The first-order valence-corrected chi connectivity index (χ1v) is 13.5. The van der Waals surface area contributed by atoms with Crippen LogP contribution in [0.4, 0.5) is 5.69 Å². The van der Waals surface area contributed by atoms with Crippen molar-refractivity contribution in [1.82, 2.24) is 4.72 Å². The van der Waals surface area contributed by atoms with E-state index in [0.29, 0.717) is 24.1 Å². The number of fused-ring (bicyclic) bond motifs is 1. The van der Waals surface area contributed by atoms with Crippen LogP contribution in [0.1, 0.15) is 32.6 Å². The molecule has 0 spiro atoms. The summed E-state index contributed by atoms with van der Waals surface area (Å²) in [7, 11) is -3.58. The fourth-order valence-corrected chi connectivity index (χ4v) is 6.08. The second-order valence-electron chi connectivity index (χ2n) is 9.34. The molecule has 1 amide bonds. The van der Waals surface area contributed by atoms with Gasteiger partial charge < -0.3 is 5.32 Å². The van der Waals surface area contributed by atoms with E-state index in [-0.39, 0.29) is 16.8 Å². The van der Waals surface area contributed by atoms with Crippen molar-refractivity contribution in [1.29, 1.82) is 0 Å². The van der Waals surface area contributed by atoms with E-state index >= 15 is 0 Å². The second kappa shape index (κ2) is 9.72. The molecule has 6 heteroatoms. The normalized spacial score (nSPS) is 14.9. The summed E-state index contributed by atoms with van der Waals surface area (Å²) in [6.07, 6.45) is 1.19. The van der Waals surface area contributed by atoms with Crippen molar-refractivity contribution >= 4 is 21.6 Å². The van der Waals surface area contributed by atoms with E-state index in [4.69, 9.17) is 0 Å². The minimum atomic E-state index is -3.58. The van der Waals surface area contributed by atoms with Crippen molar-refractivity contribution in [3.63, 3.8) is 0 Å². The molecule has 1 aliphatic rings. The summed E-state index contributed by atoms with van der Waals surface area (Å²) in [5, 5.41) is 3.05. The van der Waals surface area contributed by atoms with E-state index in [0.717, 1.165) is 27.8 Å². The molecule has 0 aromatic heterocycles. The molecule has 1 aliphatic carbocycles. The van der Waals surface area contributed by atoms with Crippen molar-refractivity contribution in [2.45, 2.75) is 37.6 Å². The highest BCUT2D eigenvalue weighted by atomic mass is 32.2. The third kappa shape index (κ3) is 4.96. The quantitative estimate of drug-likeness (QED) is 0.361.